The Hall–Kier alpha value is -1.03. The maximum Gasteiger partial charge on any atom is 0.306 e. The molecule has 0 spiro atoms. The van der Waals surface area contributed by atoms with E-state index in [0.29, 0.717) is 6.42 Å². The van der Waals surface area contributed by atoms with E-state index in [2.05, 4.69) is 4.98 Å². The molecule has 13 heavy (non-hydrogen) atoms. The number of aliphatic carboxylic acids is 1. The van der Waals surface area contributed by atoms with Crippen LogP contribution >= 0.6 is 12.4 Å². The average molecular weight is 203 g/mol. The lowest BCUT2D eigenvalue weighted by molar-refractivity contribution is -0.142. The minimum atomic E-state index is -0.692. The van der Waals surface area contributed by atoms with Crippen LogP contribution in [0.25, 0.3) is 0 Å². The van der Waals surface area contributed by atoms with Crippen molar-refractivity contribution < 1.29 is 9.90 Å². The molecule has 2 heterocycles. The summed E-state index contributed by atoms with van der Waals surface area (Å²) < 4.78 is 2.01. The third-order valence-electron chi connectivity index (χ3n) is 2.32. The molecule has 5 heteroatoms. The molecule has 1 aliphatic heterocycles. The summed E-state index contributed by atoms with van der Waals surface area (Å²) in [6.45, 7) is 0.784. The minimum Gasteiger partial charge on any atom is -0.481 e. The minimum absolute atomic E-state index is 0. The van der Waals surface area contributed by atoms with Crippen LogP contribution in [-0.2, 0) is 17.8 Å². The van der Waals surface area contributed by atoms with Crippen molar-refractivity contribution in [3.63, 3.8) is 0 Å². The Morgan fingerprint density at radius 2 is 2.46 bits per heavy atom. The summed E-state index contributed by atoms with van der Waals surface area (Å²) in [7, 11) is 0. The van der Waals surface area contributed by atoms with Crippen LogP contribution in [0, 0.1) is 5.92 Å². The van der Waals surface area contributed by atoms with Gasteiger partial charge in [-0.1, -0.05) is 0 Å². The molecule has 0 saturated heterocycles. The van der Waals surface area contributed by atoms with Crippen LogP contribution in [0.5, 0.6) is 0 Å². The molecule has 1 aromatic rings. The third-order valence-corrected chi connectivity index (χ3v) is 2.32. The summed E-state index contributed by atoms with van der Waals surface area (Å²) >= 11 is 0. The van der Waals surface area contributed by atoms with Crippen LogP contribution in [0.2, 0.25) is 0 Å². The van der Waals surface area contributed by atoms with E-state index in [1.165, 1.54) is 0 Å². The van der Waals surface area contributed by atoms with E-state index in [0.717, 1.165) is 18.7 Å². The first kappa shape index (κ1) is 10.1. The van der Waals surface area contributed by atoms with E-state index < -0.39 is 5.97 Å². The Balaban J connectivity index is 0.000000845. The molecule has 0 aliphatic carbocycles. The van der Waals surface area contributed by atoms with Crippen molar-refractivity contribution in [1.82, 2.24) is 9.55 Å². The Morgan fingerprint density at radius 1 is 1.69 bits per heavy atom. The largest absolute Gasteiger partial charge is 0.481 e. The van der Waals surface area contributed by atoms with E-state index in [-0.39, 0.29) is 18.3 Å². The van der Waals surface area contributed by atoms with E-state index in [1.54, 1.807) is 12.5 Å². The molecular weight excluding hydrogens is 192 g/mol. The highest BCUT2D eigenvalue weighted by Gasteiger charge is 2.23. The lowest BCUT2D eigenvalue weighted by atomic mass is 9.97. The van der Waals surface area contributed by atoms with Gasteiger partial charge >= 0.3 is 5.97 Å². The number of halogens is 1. The number of aryl methyl sites for hydroxylation is 1. The zero-order chi connectivity index (χ0) is 8.55. The molecule has 1 N–H and O–H groups in total. The second kappa shape index (κ2) is 3.79. The van der Waals surface area contributed by atoms with Crippen molar-refractivity contribution in [2.45, 2.75) is 19.4 Å². The summed E-state index contributed by atoms with van der Waals surface area (Å²) in [5.41, 5.74) is 1.04. The molecule has 1 unspecified atom stereocenters. The molecule has 0 aromatic carbocycles. The number of hydrogen-bond donors (Lipinski definition) is 1. The molecule has 0 radical (unpaired) electrons. The summed E-state index contributed by atoms with van der Waals surface area (Å²) in [4.78, 5) is 14.6. The van der Waals surface area contributed by atoms with Gasteiger partial charge in [-0.05, 0) is 6.42 Å². The molecule has 1 aliphatic rings. The van der Waals surface area contributed by atoms with Gasteiger partial charge < -0.3 is 9.67 Å². The SMILES string of the molecule is Cl.O=C(O)C1CCn2cncc2C1. The zero-order valence-electron chi connectivity index (χ0n) is 7.01. The van der Waals surface area contributed by atoms with Gasteiger partial charge in [0.25, 0.3) is 0 Å². The first-order chi connectivity index (χ1) is 5.77. The van der Waals surface area contributed by atoms with E-state index >= 15 is 0 Å². The number of nitrogens with zero attached hydrogens (tertiary/aromatic N) is 2. The fourth-order valence-electron chi connectivity index (χ4n) is 1.58. The van der Waals surface area contributed by atoms with Gasteiger partial charge in [0, 0.05) is 24.9 Å². The topological polar surface area (TPSA) is 55.1 Å². The Kier molecular flexibility index (Phi) is 2.93. The van der Waals surface area contributed by atoms with Gasteiger partial charge in [0.05, 0.1) is 12.2 Å². The lowest BCUT2D eigenvalue weighted by Gasteiger charge is -2.19. The molecule has 1 atom stereocenters. The number of carboxylic acids is 1. The van der Waals surface area contributed by atoms with E-state index in [4.69, 9.17) is 5.11 Å². The summed E-state index contributed by atoms with van der Waals surface area (Å²) in [5.74, 6) is -0.906. The monoisotopic (exact) mass is 202 g/mol. The fourth-order valence-corrected chi connectivity index (χ4v) is 1.58. The number of carbonyl (C=O) groups is 1. The Morgan fingerprint density at radius 3 is 3.15 bits per heavy atom. The summed E-state index contributed by atoms with van der Waals surface area (Å²) in [6.07, 6.45) is 4.84. The van der Waals surface area contributed by atoms with Crippen LogP contribution < -0.4 is 0 Å². The van der Waals surface area contributed by atoms with Crippen molar-refractivity contribution in [2.24, 2.45) is 5.92 Å². The maximum absolute atomic E-state index is 10.7. The number of rotatable bonds is 1. The van der Waals surface area contributed by atoms with Crippen molar-refractivity contribution >= 4 is 18.4 Å². The quantitative estimate of drug-likeness (QED) is 0.738. The predicted molar refractivity (Wildman–Crippen MR) is 48.9 cm³/mol. The normalized spacial score (nSPS) is 20.2. The third kappa shape index (κ3) is 1.83. The van der Waals surface area contributed by atoms with E-state index in [9.17, 15) is 4.79 Å². The number of fused-ring (bicyclic) bond motifs is 1. The van der Waals surface area contributed by atoms with Gasteiger partial charge in [-0.15, -0.1) is 12.4 Å². The van der Waals surface area contributed by atoms with Crippen molar-refractivity contribution in [2.75, 3.05) is 0 Å². The zero-order valence-corrected chi connectivity index (χ0v) is 7.83. The predicted octanol–water partition coefficient (Wildman–Crippen LogP) is 0.952. The molecule has 2 rings (SSSR count). The number of carboxylic acid groups (broad SMARTS) is 1. The molecule has 0 bridgehead atoms. The number of hydrogen-bond acceptors (Lipinski definition) is 2. The van der Waals surface area contributed by atoms with Gasteiger partial charge in [-0.3, -0.25) is 4.79 Å². The average Bonchev–Trinajstić information content (AvgIpc) is 2.49. The van der Waals surface area contributed by atoms with Gasteiger partial charge in [0.15, 0.2) is 0 Å². The molecule has 72 valence electrons. The van der Waals surface area contributed by atoms with Crippen LogP contribution in [0.15, 0.2) is 12.5 Å². The highest BCUT2D eigenvalue weighted by atomic mass is 35.5. The number of aromatic nitrogens is 2. The van der Waals surface area contributed by atoms with Gasteiger partial charge in [-0.2, -0.15) is 0 Å². The first-order valence-electron chi connectivity index (χ1n) is 3.99. The van der Waals surface area contributed by atoms with Crippen LogP contribution in [0.1, 0.15) is 12.1 Å². The smallest absolute Gasteiger partial charge is 0.306 e. The standard InChI is InChI=1S/C8H10N2O2.ClH/c11-8(12)6-1-2-10-5-9-4-7(10)3-6;/h4-6H,1-3H2,(H,11,12);1H. The highest BCUT2D eigenvalue weighted by molar-refractivity contribution is 5.85. The van der Waals surface area contributed by atoms with Gasteiger partial charge in [0.1, 0.15) is 0 Å². The van der Waals surface area contributed by atoms with E-state index in [1.807, 2.05) is 4.57 Å². The fraction of sp³-hybridized carbons (Fsp3) is 0.500. The molecular formula is C8H11ClN2O2. The van der Waals surface area contributed by atoms with Crippen LogP contribution in [0.4, 0.5) is 0 Å². The van der Waals surface area contributed by atoms with Crippen LogP contribution in [-0.4, -0.2) is 20.6 Å². The van der Waals surface area contributed by atoms with Crippen molar-refractivity contribution in [3.8, 4) is 0 Å². The summed E-state index contributed by atoms with van der Waals surface area (Å²) in [6, 6.07) is 0. The first-order valence-corrected chi connectivity index (χ1v) is 3.99. The molecule has 0 saturated carbocycles. The van der Waals surface area contributed by atoms with Crippen molar-refractivity contribution in [1.29, 1.82) is 0 Å². The van der Waals surface area contributed by atoms with Crippen molar-refractivity contribution in [3.05, 3.63) is 18.2 Å². The molecule has 1 aromatic heterocycles. The number of imidazole rings is 1. The second-order valence-electron chi connectivity index (χ2n) is 3.11. The van der Waals surface area contributed by atoms with Gasteiger partial charge in [0.2, 0.25) is 0 Å². The van der Waals surface area contributed by atoms with Gasteiger partial charge in [-0.25, -0.2) is 4.98 Å². The van der Waals surface area contributed by atoms with Crippen LogP contribution in [0.3, 0.4) is 0 Å². The Labute approximate surface area is 82.0 Å². The second-order valence-corrected chi connectivity index (χ2v) is 3.11. The molecule has 0 amide bonds. The Bertz CT molecular complexity index is 311. The maximum atomic E-state index is 10.7. The summed E-state index contributed by atoms with van der Waals surface area (Å²) in [5, 5.41) is 8.77. The highest BCUT2D eigenvalue weighted by Crippen LogP contribution is 2.19. The molecule has 0 fully saturated rings. The molecule has 4 nitrogen and oxygen atoms in total. The lowest BCUT2D eigenvalue weighted by Crippen LogP contribution is -2.24.